The standard InChI is InChI=1S/C26H21Cl2FN8S/c27-19-6-14(1-2-21(19)29)34-24-13(8-30)9-32-25-17(24)5-15(7-20(25)28)35-26(22-10-33-37-36-22)18-12-38-23-11-31-4-3-16(18)23/h1-2,5-7,9-10,12,26,31,33,35-37H,3-4,11H2,(H,32,34)/t26-/m0/s1. The van der Waals surface area contributed by atoms with Gasteiger partial charge in [0.1, 0.15) is 11.9 Å². The summed E-state index contributed by atoms with van der Waals surface area (Å²) in [5, 5.41) is 23.3. The van der Waals surface area contributed by atoms with E-state index in [9.17, 15) is 9.65 Å². The number of hydrogen-bond acceptors (Lipinski definition) is 9. The van der Waals surface area contributed by atoms with Crippen molar-refractivity contribution in [3.05, 3.63) is 91.2 Å². The van der Waals surface area contributed by atoms with E-state index in [0.29, 0.717) is 32.9 Å². The fourth-order valence-electron chi connectivity index (χ4n) is 4.71. The summed E-state index contributed by atoms with van der Waals surface area (Å²) in [6.45, 7) is 1.79. The molecular formula is C26H21Cl2FN8S. The highest BCUT2D eigenvalue weighted by molar-refractivity contribution is 7.10. The number of halogens is 3. The van der Waals surface area contributed by atoms with Crippen LogP contribution in [0.4, 0.5) is 21.5 Å². The van der Waals surface area contributed by atoms with Crippen LogP contribution in [0, 0.1) is 17.1 Å². The van der Waals surface area contributed by atoms with Crippen LogP contribution >= 0.6 is 34.5 Å². The van der Waals surface area contributed by atoms with Crippen molar-refractivity contribution in [1.29, 1.82) is 5.26 Å². The van der Waals surface area contributed by atoms with E-state index in [1.54, 1.807) is 17.4 Å². The van der Waals surface area contributed by atoms with E-state index in [1.807, 2.05) is 18.3 Å². The second-order valence-corrected chi connectivity index (χ2v) is 10.6. The summed E-state index contributed by atoms with van der Waals surface area (Å²) >= 11 is 14.5. The van der Waals surface area contributed by atoms with E-state index in [-0.39, 0.29) is 11.1 Å². The van der Waals surface area contributed by atoms with E-state index < -0.39 is 5.82 Å². The maximum atomic E-state index is 13.7. The molecular weight excluding hydrogens is 546 g/mol. The number of nitrogens with zero attached hydrogens (tertiary/aromatic N) is 2. The Hall–Kier alpha value is -3.59. The lowest BCUT2D eigenvalue weighted by Crippen LogP contribution is -2.34. The number of thiophene rings is 1. The van der Waals surface area contributed by atoms with Gasteiger partial charge in [-0.25, -0.2) is 4.39 Å². The molecule has 0 unspecified atom stereocenters. The van der Waals surface area contributed by atoms with Gasteiger partial charge in [0.2, 0.25) is 0 Å². The van der Waals surface area contributed by atoms with Crippen molar-refractivity contribution in [3.8, 4) is 6.07 Å². The van der Waals surface area contributed by atoms with Crippen LogP contribution in [0.5, 0.6) is 0 Å². The zero-order valence-electron chi connectivity index (χ0n) is 19.8. The first-order chi connectivity index (χ1) is 18.5. The second kappa shape index (κ2) is 10.3. The van der Waals surface area contributed by atoms with Crippen molar-refractivity contribution in [2.45, 2.75) is 19.0 Å². The fourth-order valence-corrected chi connectivity index (χ4v) is 6.26. The van der Waals surface area contributed by atoms with Gasteiger partial charge in [0.05, 0.1) is 38.6 Å². The minimum Gasteiger partial charge on any atom is -0.373 e. The van der Waals surface area contributed by atoms with Gasteiger partial charge in [-0.3, -0.25) is 4.98 Å². The molecule has 4 aromatic rings. The first kappa shape index (κ1) is 24.7. The summed E-state index contributed by atoms with van der Waals surface area (Å²) in [7, 11) is 0. The Morgan fingerprint density at radius 3 is 2.82 bits per heavy atom. The summed E-state index contributed by atoms with van der Waals surface area (Å²) < 4.78 is 13.7. The second-order valence-electron chi connectivity index (χ2n) is 8.86. The highest BCUT2D eigenvalue weighted by Gasteiger charge is 2.26. The number of rotatable bonds is 6. The van der Waals surface area contributed by atoms with Gasteiger partial charge in [0.25, 0.3) is 0 Å². The van der Waals surface area contributed by atoms with Crippen LogP contribution < -0.4 is 32.3 Å². The van der Waals surface area contributed by atoms with Crippen LogP contribution in [-0.2, 0) is 13.0 Å². The Morgan fingerprint density at radius 1 is 1.16 bits per heavy atom. The van der Waals surface area contributed by atoms with Gasteiger partial charge in [-0.2, -0.15) is 10.8 Å². The Morgan fingerprint density at radius 2 is 2.03 bits per heavy atom. The molecule has 0 bridgehead atoms. The molecule has 0 spiro atoms. The molecule has 192 valence electrons. The Labute approximate surface area is 231 Å². The first-order valence-corrected chi connectivity index (χ1v) is 13.4. The van der Waals surface area contributed by atoms with E-state index in [2.05, 4.69) is 48.8 Å². The molecule has 2 aromatic carbocycles. The summed E-state index contributed by atoms with van der Waals surface area (Å²) in [6.07, 6.45) is 4.29. The monoisotopic (exact) mass is 566 g/mol. The van der Waals surface area contributed by atoms with E-state index in [1.165, 1.54) is 34.3 Å². The normalized spacial score (nSPS) is 15.2. The van der Waals surface area contributed by atoms with E-state index >= 15 is 0 Å². The molecule has 0 radical (unpaired) electrons. The van der Waals surface area contributed by atoms with Gasteiger partial charge in [-0.15, -0.1) is 11.3 Å². The third kappa shape index (κ3) is 4.60. The van der Waals surface area contributed by atoms with Crippen LogP contribution in [0.2, 0.25) is 10.0 Å². The molecule has 0 fully saturated rings. The van der Waals surface area contributed by atoms with Gasteiger partial charge in [-0.05, 0) is 59.8 Å². The Balaban J connectivity index is 1.44. The zero-order chi connectivity index (χ0) is 26.2. The molecule has 8 nitrogen and oxygen atoms in total. The molecule has 0 saturated carbocycles. The number of nitrogens with one attached hydrogen (secondary N) is 6. The molecule has 6 rings (SSSR count). The highest BCUT2D eigenvalue weighted by atomic mass is 35.5. The zero-order valence-corrected chi connectivity index (χ0v) is 22.1. The number of anilines is 3. The highest BCUT2D eigenvalue weighted by Crippen LogP contribution is 2.39. The number of hydrazine groups is 2. The van der Waals surface area contributed by atoms with Crippen LogP contribution in [0.1, 0.15) is 27.6 Å². The molecule has 2 aliphatic rings. The molecule has 2 aromatic heterocycles. The van der Waals surface area contributed by atoms with Gasteiger partial charge >= 0.3 is 0 Å². The van der Waals surface area contributed by atoms with Crippen molar-refractivity contribution >= 4 is 62.5 Å². The first-order valence-electron chi connectivity index (χ1n) is 11.8. The number of fused-ring (bicyclic) bond motifs is 2. The molecule has 4 heterocycles. The predicted octanol–water partition coefficient (Wildman–Crippen LogP) is 5.61. The average molecular weight is 567 g/mol. The Kier molecular flexibility index (Phi) is 6.69. The number of nitriles is 1. The van der Waals surface area contributed by atoms with Crippen molar-refractivity contribution in [3.63, 3.8) is 0 Å². The summed E-state index contributed by atoms with van der Waals surface area (Å²) in [6, 6.07) is 10.0. The molecule has 0 amide bonds. The minimum atomic E-state index is -0.525. The van der Waals surface area contributed by atoms with Gasteiger partial charge in [-0.1, -0.05) is 23.2 Å². The van der Waals surface area contributed by atoms with Gasteiger partial charge in [0, 0.05) is 40.6 Å². The molecule has 12 heteroatoms. The molecule has 38 heavy (non-hydrogen) atoms. The van der Waals surface area contributed by atoms with Gasteiger partial charge in [0.15, 0.2) is 0 Å². The minimum absolute atomic E-state index is 0.0241. The van der Waals surface area contributed by atoms with Gasteiger partial charge < -0.3 is 26.8 Å². The summed E-state index contributed by atoms with van der Waals surface area (Å²) in [5.41, 5.74) is 15.2. The van der Waals surface area contributed by atoms with Crippen LogP contribution in [0.25, 0.3) is 10.9 Å². The third-order valence-electron chi connectivity index (χ3n) is 6.52. The van der Waals surface area contributed by atoms with Crippen molar-refractivity contribution < 1.29 is 4.39 Å². The molecule has 6 N–H and O–H groups in total. The number of hydrogen-bond donors (Lipinski definition) is 6. The van der Waals surface area contributed by atoms with Crippen LogP contribution in [0.3, 0.4) is 0 Å². The van der Waals surface area contributed by atoms with Crippen molar-refractivity contribution in [2.75, 3.05) is 17.2 Å². The van der Waals surface area contributed by atoms with Crippen molar-refractivity contribution in [2.24, 2.45) is 0 Å². The number of pyridine rings is 1. The van der Waals surface area contributed by atoms with Crippen LogP contribution in [-0.4, -0.2) is 11.5 Å². The molecule has 1 atom stereocenters. The summed E-state index contributed by atoms with van der Waals surface area (Å²) in [4.78, 5) is 5.77. The average Bonchev–Trinajstić information content (AvgIpc) is 3.61. The molecule has 0 aliphatic carbocycles. The fraction of sp³-hybridized carbons (Fsp3) is 0.154. The quantitative estimate of drug-likeness (QED) is 0.179. The number of aromatic nitrogens is 1. The maximum absolute atomic E-state index is 13.7. The molecule has 2 aliphatic heterocycles. The Bertz CT molecular complexity index is 1630. The SMILES string of the molecule is N#Cc1cnc2c(Cl)cc(N[C@H](C3=CNNN3)c3csc4c3CCNC4)cc2c1Nc1ccc(F)c(Cl)c1. The molecule has 0 saturated heterocycles. The third-order valence-corrected chi connectivity index (χ3v) is 8.15. The van der Waals surface area contributed by atoms with E-state index in [0.717, 1.165) is 30.9 Å². The number of benzene rings is 2. The smallest absolute Gasteiger partial charge is 0.141 e. The van der Waals surface area contributed by atoms with E-state index in [4.69, 9.17) is 23.2 Å². The maximum Gasteiger partial charge on any atom is 0.141 e. The lowest BCUT2D eigenvalue weighted by molar-refractivity contribution is 0.581. The summed E-state index contributed by atoms with van der Waals surface area (Å²) in [5.74, 6) is -0.525. The lowest BCUT2D eigenvalue weighted by atomic mass is 9.97. The topological polar surface area (TPSA) is 109 Å². The predicted molar refractivity (Wildman–Crippen MR) is 150 cm³/mol. The van der Waals surface area contributed by atoms with Crippen molar-refractivity contribution in [1.82, 2.24) is 26.7 Å². The largest absolute Gasteiger partial charge is 0.373 e. The lowest BCUT2D eigenvalue weighted by Gasteiger charge is -2.24. The van der Waals surface area contributed by atoms with Crippen LogP contribution in [0.15, 0.2) is 53.8 Å².